The Bertz CT molecular complexity index is 1660. The van der Waals surface area contributed by atoms with Crippen LogP contribution in [0.4, 0.5) is 11.4 Å². The summed E-state index contributed by atoms with van der Waals surface area (Å²) in [6, 6.07) is 22.2. The van der Waals surface area contributed by atoms with Gasteiger partial charge >= 0.3 is 0 Å². The maximum atomic E-state index is 15.0. The number of benzene rings is 3. The zero-order chi connectivity index (χ0) is 26.4. The molecule has 0 fully saturated rings. The van der Waals surface area contributed by atoms with Crippen molar-refractivity contribution in [1.82, 2.24) is 0 Å². The van der Waals surface area contributed by atoms with Crippen LogP contribution in [0.3, 0.4) is 0 Å². The topological polar surface area (TPSA) is 75.7 Å². The first-order valence-electron chi connectivity index (χ1n) is 12.8. The first kappa shape index (κ1) is 22.7. The number of hydrogen-bond donors (Lipinski definition) is 1. The molecule has 0 saturated carbocycles. The highest BCUT2D eigenvalue weighted by Gasteiger charge is 2.65. The second-order valence-corrected chi connectivity index (χ2v) is 11.1. The average molecular weight is 503 g/mol. The highest BCUT2D eigenvalue weighted by Crippen LogP contribution is 2.61. The molecule has 2 aliphatic heterocycles. The van der Waals surface area contributed by atoms with Gasteiger partial charge in [0.15, 0.2) is 11.6 Å². The Morgan fingerprint density at radius 2 is 1.50 bits per heavy atom. The summed E-state index contributed by atoms with van der Waals surface area (Å²) in [4.78, 5) is 45.0. The highest BCUT2D eigenvalue weighted by atomic mass is 16.5. The number of ketones is 2. The largest absolute Gasteiger partial charge is 0.497 e. The van der Waals surface area contributed by atoms with E-state index in [2.05, 4.69) is 5.32 Å². The molecule has 6 heteroatoms. The first-order valence-corrected chi connectivity index (χ1v) is 12.8. The van der Waals surface area contributed by atoms with E-state index in [1.807, 2.05) is 68.4 Å². The minimum Gasteiger partial charge on any atom is -0.497 e. The highest BCUT2D eigenvalue weighted by molar-refractivity contribution is 6.33. The summed E-state index contributed by atoms with van der Waals surface area (Å²) in [7, 11) is 1.59. The molecule has 7 rings (SSSR count). The predicted octanol–water partition coefficient (Wildman–Crippen LogP) is 5.66. The SMILES string of the molecule is COc1ccc(N2C(=O)C3(C4=C(Nc5ccccc53)c3ccccc3C4=O)C3=C2CC(C)(C)CC3=O)cc1. The van der Waals surface area contributed by atoms with E-state index in [1.54, 1.807) is 30.2 Å². The van der Waals surface area contributed by atoms with Crippen molar-refractivity contribution in [3.05, 3.63) is 106 Å². The molecular weight excluding hydrogens is 476 g/mol. The molecule has 6 nitrogen and oxygen atoms in total. The third-order valence-electron chi connectivity index (χ3n) is 8.24. The number of ether oxygens (including phenoxy) is 1. The van der Waals surface area contributed by atoms with Crippen LogP contribution in [0.15, 0.2) is 89.6 Å². The lowest BCUT2D eigenvalue weighted by molar-refractivity contribution is -0.123. The number of hydrogen-bond acceptors (Lipinski definition) is 5. The Hall–Kier alpha value is -4.45. The smallest absolute Gasteiger partial charge is 0.251 e. The lowest BCUT2D eigenvalue weighted by Crippen LogP contribution is -2.47. The van der Waals surface area contributed by atoms with Gasteiger partial charge in [-0.15, -0.1) is 0 Å². The zero-order valence-electron chi connectivity index (χ0n) is 21.4. The lowest BCUT2D eigenvalue weighted by atomic mass is 9.61. The molecule has 1 unspecified atom stereocenters. The average Bonchev–Trinajstić information content (AvgIpc) is 3.33. The van der Waals surface area contributed by atoms with Gasteiger partial charge in [-0.2, -0.15) is 0 Å². The molecule has 0 saturated heterocycles. The number of nitrogens with zero attached hydrogens (tertiary/aromatic N) is 1. The number of para-hydroxylation sites is 1. The summed E-state index contributed by atoms with van der Waals surface area (Å²) in [5.74, 6) is 0.0734. The Kier molecular flexibility index (Phi) is 4.51. The van der Waals surface area contributed by atoms with Crippen LogP contribution in [0.2, 0.25) is 0 Å². The molecule has 1 amide bonds. The fraction of sp³-hybridized carbons (Fsp3) is 0.219. The minimum atomic E-state index is -1.53. The Balaban J connectivity index is 1.58. The molecule has 0 aromatic heterocycles. The molecule has 188 valence electrons. The molecular formula is C32H26N2O4. The van der Waals surface area contributed by atoms with Gasteiger partial charge in [0.25, 0.3) is 5.91 Å². The van der Waals surface area contributed by atoms with Crippen LogP contribution in [0.1, 0.15) is 48.2 Å². The standard InChI is InChI=1S/C32H26N2O4/c1-31(2)16-24-26(25(35)17-31)32(30(37)34(24)18-12-14-19(38-3)15-13-18)22-10-6-7-11-23(22)33-28-20-8-4-5-9-21(20)29(36)27(28)32/h4-15,33H,16-17H2,1-3H3. The van der Waals surface area contributed by atoms with Gasteiger partial charge < -0.3 is 10.1 Å². The second kappa shape index (κ2) is 7.54. The summed E-state index contributed by atoms with van der Waals surface area (Å²) in [6.45, 7) is 4.10. The molecule has 2 aliphatic carbocycles. The van der Waals surface area contributed by atoms with E-state index in [0.29, 0.717) is 57.9 Å². The molecule has 0 radical (unpaired) electrons. The third kappa shape index (κ3) is 2.75. The fourth-order valence-corrected chi connectivity index (χ4v) is 6.75. The number of methoxy groups -OCH3 is 1. The van der Waals surface area contributed by atoms with E-state index < -0.39 is 5.41 Å². The summed E-state index contributed by atoms with van der Waals surface area (Å²) in [5, 5.41) is 3.45. The van der Waals surface area contributed by atoms with E-state index >= 15 is 4.79 Å². The van der Waals surface area contributed by atoms with Crippen LogP contribution >= 0.6 is 0 Å². The normalized spacial score (nSPS) is 22.8. The Labute approximate surface area is 220 Å². The van der Waals surface area contributed by atoms with Crippen molar-refractivity contribution < 1.29 is 19.1 Å². The number of carbonyl (C=O) groups is 3. The van der Waals surface area contributed by atoms with Crippen LogP contribution in [0.25, 0.3) is 5.70 Å². The van der Waals surface area contributed by atoms with Gasteiger partial charge in [-0.25, -0.2) is 0 Å². The summed E-state index contributed by atoms with van der Waals surface area (Å²) < 4.78 is 5.35. The monoisotopic (exact) mass is 502 g/mol. The number of Topliss-reactive ketones (excluding diaryl/α,β-unsaturated/α-hetero) is 2. The van der Waals surface area contributed by atoms with Crippen molar-refractivity contribution in [1.29, 1.82) is 0 Å². The second-order valence-electron chi connectivity index (χ2n) is 11.1. The van der Waals surface area contributed by atoms with Crippen molar-refractivity contribution in [3.63, 3.8) is 0 Å². The van der Waals surface area contributed by atoms with Crippen molar-refractivity contribution >= 4 is 34.5 Å². The zero-order valence-corrected chi connectivity index (χ0v) is 21.4. The lowest BCUT2D eigenvalue weighted by Gasteiger charge is -2.39. The van der Waals surface area contributed by atoms with Gasteiger partial charge in [0, 0.05) is 51.3 Å². The van der Waals surface area contributed by atoms with Crippen LogP contribution in [0.5, 0.6) is 5.75 Å². The van der Waals surface area contributed by atoms with Crippen molar-refractivity contribution in [2.75, 3.05) is 17.3 Å². The Morgan fingerprint density at radius 1 is 0.816 bits per heavy atom. The van der Waals surface area contributed by atoms with E-state index in [1.165, 1.54) is 0 Å². The third-order valence-corrected chi connectivity index (χ3v) is 8.24. The molecule has 1 N–H and O–H groups in total. The number of amides is 1. The van der Waals surface area contributed by atoms with Gasteiger partial charge in [-0.05, 0) is 42.2 Å². The molecule has 4 aliphatic rings. The number of rotatable bonds is 2. The van der Waals surface area contributed by atoms with Crippen LogP contribution in [0, 0.1) is 5.41 Å². The fourth-order valence-electron chi connectivity index (χ4n) is 6.75. The van der Waals surface area contributed by atoms with Crippen molar-refractivity contribution in [3.8, 4) is 5.75 Å². The van der Waals surface area contributed by atoms with Crippen molar-refractivity contribution in [2.45, 2.75) is 32.1 Å². The summed E-state index contributed by atoms with van der Waals surface area (Å²) in [6.07, 6.45) is 0.837. The molecule has 3 aromatic carbocycles. The molecule has 0 bridgehead atoms. The molecule has 1 spiro atoms. The van der Waals surface area contributed by atoms with E-state index in [4.69, 9.17) is 4.74 Å². The van der Waals surface area contributed by atoms with Gasteiger partial charge in [0.1, 0.15) is 11.2 Å². The van der Waals surface area contributed by atoms with E-state index in [0.717, 1.165) is 11.3 Å². The van der Waals surface area contributed by atoms with Crippen molar-refractivity contribution in [2.24, 2.45) is 5.41 Å². The van der Waals surface area contributed by atoms with Gasteiger partial charge in [-0.1, -0.05) is 56.3 Å². The van der Waals surface area contributed by atoms with Crippen LogP contribution in [-0.4, -0.2) is 24.6 Å². The molecule has 38 heavy (non-hydrogen) atoms. The Morgan fingerprint density at radius 3 is 2.24 bits per heavy atom. The summed E-state index contributed by atoms with van der Waals surface area (Å²) >= 11 is 0. The maximum absolute atomic E-state index is 15.0. The summed E-state index contributed by atoms with van der Waals surface area (Å²) in [5.41, 5.74) is 3.50. The van der Waals surface area contributed by atoms with Gasteiger partial charge in [0.2, 0.25) is 0 Å². The van der Waals surface area contributed by atoms with E-state index in [-0.39, 0.29) is 22.9 Å². The first-order chi connectivity index (χ1) is 18.3. The number of nitrogens with one attached hydrogen (secondary N) is 1. The van der Waals surface area contributed by atoms with Gasteiger partial charge in [0.05, 0.1) is 12.8 Å². The number of fused-ring (bicyclic) bond motifs is 6. The van der Waals surface area contributed by atoms with Gasteiger partial charge in [-0.3, -0.25) is 19.3 Å². The van der Waals surface area contributed by atoms with Crippen LogP contribution < -0.4 is 15.0 Å². The number of anilines is 2. The molecule has 3 aromatic rings. The van der Waals surface area contributed by atoms with E-state index in [9.17, 15) is 9.59 Å². The van der Waals surface area contributed by atoms with Crippen LogP contribution in [-0.2, 0) is 15.0 Å². The predicted molar refractivity (Wildman–Crippen MR) is 145 cm³/mol. The molecule has 2 heterocycles. The number of allylic oxidation sites excluding steroid dienone is 1. The minimum absolute atomic E-state index is 0.0899. The number of carbonyl (C=O) groups excluding carboxylic acids is 3. The quantitative estimate of drug-likeness (QED) is 0.490. The molecule has 1 atom stereocenters. The maximum Gasteiger partial charge on any atom is 0.251 e.